The van der Waals surface area contributed by atoms with E-state index in [1.165, 1.54) is 25.7 Å². The smallest absolute Gasteiger partial charge is 0.0363 e. The van der Waals surface area contributed by atoms with Crippen LogP contribution in [0.4, 0.5) is 0 Å². The van der Waals surface area contributed by atoms with Gasteiger partial charge >= 0.3 is 0 Å². The van der Waals surface area contributed by atoms with Gasteiger partial charge in [-0.1, -0.05) is 40.5 Å². The third kappa shape index (κ3) is 2.24. The second-order valence-corrected chi connectivity index (χ2v) is 4.99. The Hall–Kier alpha value is 0. The van der Waals surface area contributed by atoms with Crippen LogP contribution in [0.5, 0.6) is 0 Å². The highest BCUT2D eigenvalue weighted by Gasteiger charge is 2.28. The summed E-state index contributed by atoms with van der Waals surface area (Å²) in [5, 5.41) is 0. The van der Waals surface area contributed by atoms with Crippen LogP contribution in [0, 0.1) is 23.7 Å². The summed E-state index contributed by atoms with van der Waals surface area (Å²) in [6.45, 7) is 9.56. The van der Waals surface area contributed by atoms with Crippen LogP contribution >= 0.6 is 0 Å². The lowest BCUT2D eigenvalue weighted by Gasteiger charge is -2.36. The molecule has 0 heterocycles. The molecule has 0 spiro atoms. The average Bonchev–Trinajstić information content (AvgIpc) is 2.03. The second kappa shape index (κ2) is 4.30. The quantitative estimate of drug-likeness (QED) is 0.582. The van der Waals surface area contributed by atoms with Crippen molar-refractivity contribution < 1.29 is 0 Å². The second-order valence-electron chi connectivity index (χ2n) is 4.99. The topological polar surface area (TPSA) is 0 Å². The van der Waals surface area contributed by atoms with E-state index in [1.54, 1.807) is 0 Å². The van der Waals surface area contributed by atoms with Gasteiger partial charge in [0.05, 0.1) is 0 Å². The van der Waals surface area contributed by atoms with Crippen LogP contribution < -0.4 is 0 Å². The van der Waals surface area contributed by atoms with Crippen molar-refractivity contribution in [2.45, 2.75) is 53.4 Å². The van der Waals surface area contributed by atoms with Crippen molar-refractivity contribution >= 4 is 0 Å². The Morgan fingerprint density at radius 2 is 1.92 bits per heavy atom. The fourth-order valence-corrected chi connectivity index (χ4v) is 2.87. The van der Waals surface area contributed by atoms with E-state index in [2.05, 4.69) is 27.7 Å². The van der Waals surface area contributed by atoms with Crippen molar-refractivity contribution in [1.29, 1.82) is 0 Å². The van der Waals surface area contributed by atoms with Crippen LogP contribution in [-0.4, -0.2) is 0 Å². The maximum absolute atomic E-state index is 2.42. The van der Waals surface area contributed by atoms with E-state index in [1.807, 2.05) is 0 Å². The Bertz CT molecular complexity index is 126. The lowest BCUT2D eigenvalue weighted by atomic mass is 9.69. The molecule has 12 heavy (non-hydrogen) atoms. The molecule has 1 fully saturated rings. The summed E-state index contributed by atoms with van der Waals surface area (Å²) in [4.78, 5) is 0. The first kappa shape index (κ1) is 10.1. The van der Waals surface area contributed by atoms with E-state index >= 15 is 0 Å². The fourth-order valence-electron chi connectivity index (χ4n) is 2.87. The maximum Gasteiger partial charge on any atom is -0.0363 e. The van der Waals surface area contributed by atoms with Gasteiger partial charge in [-0.3, -0.25) is 0 Å². The average molecular weight is 168 g/mol. The largest absolute Gasteiger partial charge is 0.0651 e. The van der Waals surface area contributed by atoms with E-state index in [-0.39, 0.29) is 0 Å². The van der Waals surface area contributed by atoms with Gasteiger partial charge in [0.25, 0.3) is 0 Å². The van der Waals surface area contributed by atoms with E-state index in [0.29, 0.717) is 0 Å². The van der Waals surface area contributed by atoms with Gasteiger partial charge in [-0.15, -0.1) is 0 Å². The predicted octanol–water partition coefficient (Wildman–Crippen LogP) is 4.10. The van der Waals surface area contributed by atoms with Crippen molar-refractivity contribution in [3.05, 3.63) is 0 Å². The molecule has 72 valence electrons. The summed E-state index contributed by atoms with van der Waals surface area (Å²) in [6, 6.07) is 0. The summed E-state index contributed by atoms with van der Waals surface area (Å²) in [7, 11) is 0. The first-order valence-electron chi connectivity index (χ1n) is 5.65. The Labute approximate surface area is 77.7 Å². The summed E-state index contributed by atoms with van der Waals surface area (Å²) in [6.07, 6.45) is 5.84. The molecular formula is C12H24. The van der Waals surface area contributed by atoms with Gasteiger partial charge in [0.1, 0.15) is 0 Å². The monoisotopic (exact) mass is 168 g/mol. The van der Waals surface area contributed by atoms with Gasteiger partial charge in [-0.05, 0) is 36.5 Å². The molecule has 0 heteroatoms. The summed E-state index contributed by atoms with van der Waals surface area (Å²) >= 11 is 0. The first-order chi connectivity index (χ1) is 5.65. The zero-order valence-electron chi connectivity index (χ0n) is 9.14. The SMILES string of the molecule is CCC1CC(C)CCC1C(C)C. The van der Waals surface area contributed by atoms with Crippen molar-refractivity contribution in [1.82, 2.24) is 0 Å². The third-order valence-corrected chi connectivity index (χ3v) is 3.68. The van der Waals surface area contributed by atoms with Crippen molar-refractivity contribution in [2.24, 2.45) is 23.7 Å². The summed E-state index contributed by atoms with van der Waals surface area (Å²) in [5.74, 6) is 3.94. The van der Waals surface area contributed by atoms with Gasteiger partial charge < -0.3 is 0 Å². The minimum Gasteiger partial charge on any atom is -0.0651 e. The van der Waals surface area contributed by atoms with Crippen molar-refractivity contribution in [3.8, 4) is 0 Å². The highest BCUT2D eigenvalue weighted by atomic mass is 14.3. The summed E-state index contributed by atoms with van der Waals surface area (Å²) in [5.41, 5.74) is 0. The number of hydrogen-bond acceptors (Lipinski definition) is 0. The normalized spacial score (nSPS) is 37.2. The molecule has 0 aromatic carbocycles. The van der Waals surface area contributed by atoms with Crippen LogP contribution in [0.2, 0.25) is 0 Å². The van der Waals surface area contributed by atoms with E-state index in [9.17, 15) is 0 Å². The highest BCUT2D eigenvalue weighted by Crippen LogP contribution is 2.39. The molecule has 0 aromatic rings. The fraction of sp³-hybridized carbons (Fsp3) is 1.00. The molecule has 1 aliphatic carbocycles. The number of hydrogen-bond donors (Lipinski definition) is 0. The van der Waals surface area contributed by atoms with Crippen LogP contribution in [0.25, 0.3) is 0 Å². The third-order valence-electron chi connectivity index (χ3n) is 3.68. The molecule has 0 N–H and O–H groups in total. The van der Waals surface area contributed by atoms with Crippen LogP contribution in [0.15, 0.2) is 0 Å². The molecule has 0 aliphatic heterocycles. The Morgan fingerprint density at radius 3 is 2.42 bits per heavy atom. The van der Waals surface area contributed by atoms with Gasteiger partial charge in [0.2, 0.25) is 0 Å². The predicted molar refractivity (Wildman–Crippen MR) is 55.1 cm³/mol. The van der Waals surface area contributed by atoms with Crippen LogP contribution in [0.3, 0.4) is 0 Å². The zero-order chi connectivity index (χ0) is 9.14. The zero-order valence-corrected chi connectivity index (χ0v) is 9.14. The van der Waals surface area contributed by atoms with Crippen LogP contribution in [-0.2, 0) is 0 Å². The van der Waals surface area contributed by atoms with Crippen LogP contribution in [0.1, 0.15) is 53.4 Å². The molecule has 0 amide bonds. The van der Waals surface area contributed by atoms with Crippen molar-refractivity contribution in [3.63, 3.8) is 0 Å². The molecule has 0 saturated heterocycles. The molecule has 1 rings (SSSR count). The van der Waals surface area contributed by atoms with E-state index < -0.39 is 0 Å². The minimum atomic E-state index is 0.905. The highest BCUT2D eigenvalue weighted by molar-refractivity contribution is 4.79. The molecule has 1 saturated carbocycles. The maximum atomic E-state index is 2.42. The van der Waals surface area contributed by atoms with Crippen molar-refractivity contribution in [2.75, 3.05) is 0 Å². The lowest BCUT2D eigenvalue weighted by Crippen LogP contribution is -2.26. The molecular weight excluding hydrogens is 144 g/mol. The molecule has 3 atom stereocenters. The molecule has 0 radical (unpaired) electrons. The minimum absolute atomic E-state index is 0.905. The van der Waals surface area contributed by atoms with Gasteiger partial charge in [0.15, 0.2) is 0 Å². The molecule has 0 bridgehead atoms. The van der Waals surface area contributed by atoms with Gasteiger partial charge in [-0.25, -0.2) is 0 Å². The van der Waals surface area contributed by atoms with E-state index in [0.717, 1.165) is 23.7 Å². The molecule has 0 nitrogen and oxygen atoms in total. The molecule has 0 aromatic heterocycles. The standard InChI is InChI=1S/C12H24/c1-5-11-8-10(4)6-7-12(11)9(2)3/h9-12H,5-8H2,1-4H3. The lowest BCUT2D eigenvalue weighted by molar-refractivity contribution is 0.140. The summed E-state index contributed by atoms with van der Waals surface area (Å²) < 4.78 is 0. The number of rotatable bonds is 2. The Balaban J connectivity index is 2.50. The Morgan fingerprint density at radius 1 is 1.25 bits per heavy atom. The van der Waals surface area contributed by atoms with Gasteiger partial charge in [-0.2, -0.15) is 0 Å². The van der Waals surface area contributed by atoms with E-state index in [4.69, 9.17) is 0 Å². The van der Waals surface area contributed by atoms with Gasteiger partial charge in [0, 0.05) is 0 Å². The first-order valence-corrected chi connectivity index (χ1v) is 5.65. The molecule has 3 unspecified atom stereocenters. The molecule has 1 aliphatic rings. The Kier molecular flexibility index (Phi) is 3.61.